The van der Waals surface area contributed by atoms with Crippen LogP contribution in [0.5, 0.6) is 0 Å². The molecule has 1 atom stereocenters. The number of aliphatic carboxylic acids is 1. The molecule has 0 aliphatic carbocycles. The van der Waals surface area contributed by atoms with Gasteiger partial charge in [-0.2, -0.15) is 0 Å². The van der Waals surface area contributed by atoms with E-state index in [0.717, 1.165) is 16.7 Å². The summed E-state index contributed by atoms with van der Waals surface area (Å²) in [7, 11) is 0. The van der Waals surface area contributed by atoms with Gasteiger partial charge in [0, 0.05) is 11.5 Å². The first kappa shape index (κ1) is 15.0. The number of allylic oxidation sites excluding steroid dienone is 1. The fourth-order valence-electron chi connectivity index (χ4n) is 2.27. The van der Waals surface area contributed by atoms with Crippen molar-refractivity contribution in [3.05, 3.63) is 82.7 Å². The lowest BCUT2D eigenvalue weighted by Gasteiger charge is -2.15. The maximum atomic E-state index is 13.5. The van der Waals surface area contributed by atoms with Gasteiger partial charge in [-0.15, -0.1) is 0 Å². The molecule has 0 fully saturated rings. The highest BCUT2D eigenvalue weighted by atomic mass is 19.1. The summed E-state index contributed by atoms with van der Waals surface area (Å²) < 4.78 is 13.5. The lowest BCUT2D eigenvalue weighted by Crippen LogP contribution is -2.04. The van der Waals surface area contributed by atoms with Crippen molar-refractivity contribution < 1.29 is 14.3 Å². The maximum Gasteiger partial charge on any atom is 0.330 e. The van der Waals surface area contributed by atoms with E-state index in [2.05, 4.69) is 0 Å². The van der Waals surface area contributed by atoms with E-state index >= 15 is 0 Å². The Kier molecular flexibility index (Phi) is 4.53. The molecular formula is C18H17FO2. The molecule has 0 amide bonds. The van der Waals surface area contributed by atoms with Crippen molar-refractivity contribution in [3.8, 4) is 0 Å². The maximum absolute atomic E-state index is 13.5. The number of aryl methyl sites for hydroxylation is 1. The highest BCUT2D eigenvalue weighted by Gasteiger charge is 2.14. The summed E-state index contributed by atoms with van der Waals surface area (Å²) in [6.45, 7) is 3.52. The first-order valence-electron chi connectivity index (χ1n) is 6.71. The topological polar surface area (TPSA) is 37.3 Å². The van der Waals surface area contributed by atoms with Gasteiger partial charge in [0.2, 0.25) is 0 Å². The largest absolute Gasteiger partial charge is 0.478 e. The van der Waals surface area contributed by atoms with Crippen LogP contribution in [0.25, 0.3) is 0 Å². The molecular weight excluding hydrogens is 267 g/mol. The minimum atomic E-state index is -0.968. The molecule has 0 bridgehead atoms. The summed E-state index contributed by atoms with van der Waals surface area (Å²) >= 11 is 0. The van der Waals surface area contributed by atoms with E-state index in [0.29, 0.717) is 0 Å². The standard InChI is InChI=1S/C18H17FO2/c1-12-5-3-6-14(9-12)17(10-13(2)18(20)21)15-7-4-8-16(19)11-15/h3-11,17H,1-2H3,(H,20,21)/b13-10+. The fourth-order valence-corrected chi connectivity index (χ4v) is 2.27. The highest BCUT2D eigenvalue weighted by molar-refractivity contribution is 5.86. The van der Waals surface area contributed by atoms with E-state index in [1.54, 1.807) is 19.1 Å². The zero-order valence-electron chi connectivity index (χ0n) is 12.0. The number of rotatable bonds is 4. The van der Waals surface area contributed by atoms with E-state index in [1.807, 2.05) is 37.3 Å². The molecule has 1 unspecified atom stereocenters. The third-order valence-electron chi connectivity index (χ3n) is 3.36. The molecule has 2 aromatic carbocycles. The Hall–Kier alpha value is -2.42. The van der Waals surface area contributed by atoms with Crippen LogP contribution in [-0.4, -0.2) is 11.1 Å². The van der Waals surface area contributed by atoms with E-state index < -0.39 is 5.97 Å². The molecule has 21 heavy (non-hydrogen) atoms. The zero-order chi connectivity index (χ0) is 15.4. The van der Waals surface area contributed by atoms with Gasteiger partial charge in [0.1, 0.15) is 5.82 Å². The van der Waals surface area contributed by atoms with Crippen LogP contribution in [0.1, 0.15) is 29.5 Å². The normalized spacial score (nSPS) is 13.0. The summed E-state index contributed by atoms with van der Waals surface area (Å²) in [5.41, 5.74) is 3.00. The Morgan fingerprint density at radius 2 is 1.76 bits per heavy atom. The van der Waals surface area contributed by atoms with Crippen molar-refractivity contribution in [1.29, 1.82) is 0 Å². The Morgan fingerprint density at radius 1 is 1.14 bits per heavy atom. The Balaban J connectivity index is 2.54. The van der Waals surface area contributed by atoms with Crippen LogP contribution in [0.2, 0.25) is 0 Å². The Labute approximate surface area is 123 Å². The molecule has 0 aliphatic rings. The molecule has 0 saturated carbocycles. The van der Waals surface area contributed by atoms with Crippen LogP contribution in [0.3, 0.4) is 0 Å². The SMILES string of the molecule is C/C(=C\C(c1cccc(C)c1)c1cccc(F)c1)C(=O)O. The molecule has 108 valence electrons. The monoisotopic (exact) mass is 284 g/mol. The lowest BCUT2D eigenvalue weighted by molar-refractivity contribution is -0.132. The molecule has 2 rings (SSSR count). The summed E-state index contributed by atoms with van der Waals surface area (Å²) in [6, 6.07) is 14.1. The lowest BCUT2D eigenvalue weighted by atomic mass is 9.89. The highest BCUT2D eigenvalue weighted by Crippen LogP contribution is 2.28. The second-order valence-electron chi connectivity index (χ2n) is 5.10. The zero-order valence-corrected chi connectivity index (χ0v) is 12.0. The summed E-state index contributed by atoms with van der Waals surface area (Å²) in [5.74, 6) is -1.58. The van der Waals surface area contributed by atoms with Crippen molar-refractivity contribution in [2.24, 2.45) is 0 Å². The van der Waals surface area contributed by atoms with Gasteiger partial charge in [0.05, 0.1) is 0 Å². The summed E-state index contributed by atoms with van der Waals surface area (Å²) in [5, 5.41) is 9.09. The van der Waals surface area contributed by atoms with Crippen molar-refractivity contribution in [3.63, 3.8) is 0 Å². The quantitative estimate of drug-likeness (QED) is 0.850. The average molecular weight is 284 g/mol. The van der Waals surface area contributed by atoms with Crippen molar-refractivity contribution in [2.45, 2.75) is 19.8 Å². The van der Waals surface area contributed by atoms with Gasteiger partial charge in [0.25, 0.3) is 0 Å². The molecule has 2 aromatic rings. The third kappa shape index (κ3) is 3.78. The van der Waals surface area contributed by atoms with E-state index in [4.69, 9.17) is 5.11 Å². The van der Waals surface area contributed by atoms with Gasteiger partial charge in [-0.05, 0) is 37.1 Å². The third-order valence-corrected chi connectivity index (χ3v) is 3.36. The molecule has 0 aliphatic heterocycles. The first-order valence-corrected chi connectivity index (χ1v) is 6.71. The molecule has 3 heteroatoms. The minimum Gasteiger partial charge on any atom is -0.478 e. The predicted molar refractivity (Wildman–Crippen MR) is 80.8 cm³/mol. The Morgan fingerprint density at radius 3 is 2.33 bits per heavy atom. The number of hydrogen-bond acceptors (Lipinski definition) is 1. The predicted octanol–water partition coefficient (Wildman–Crippen LogP) is 4.30. The molecule has 0 heterocycles. The van der Waals surface area contributed by atoms with Crippen LogP contribution >= 0.6 is 0 Å². The molecule has 0 saturated heterocycles. The van der Waals surface area contributed by atoms with E-state index in [-0.39, 0.29) is 17.3 Å². The summed E-state index contributed by atoms with van der Waals surface area (Å²) in [4.78, 5) is 11.1. The molecule has 0 spiro atoms. The molecule has 0 aromatic heterocycles. The summed E-state index contributed by atoms with van der Waals surface area (Å²) in [6.07, 6.45) is 1.66. The van der Waals surface area contributed by atoms with E-state index in [9.17, 15) is 9.18 Å². The van der Waals surface area contributed by atoms with Gasteiger partial charge in [-0.3, -0.25) is 0 Å². The van der Waals surface area contributed by atoms with Crippen LogP contribution in [0, 0.1) is 12.7 Å². The number of halogens is 1. The van der Waals surface area contributed by atoms with Crippen LogP contribution in [-0.2, 0) is 4.79 Å². The van der Waals surface area contributed by atoms with Crippen molar-refractivity contribution in [1.82, 2.24) is 0 Å². The second-order valence-corrected chi connectivity index (χ2v) is 5.10. The van der Waals surface area contributed by atoms with Crippen molar-refractivity contribution >= 4 is 5.97 Å². The number of hydrogen-bond donors (Lipinski definition) is 1. The molecule has 0 radical (unpaired) electrons. The van der Waals surface area contributed by atoms with Gasteiger partial charge in [-0.1, -0.05) is 48.0 Å². The smallest absolute Gasteiger partial charge is 0.330 e. The van der Waals surface area contributed by atoms with Crippen LogP contribution in [0.15, 0.2) is 60.2 Å². The van der Waals surface area contributed by atoms with Gasteiger partial charge >= 0.3 is 5.97 Å². The number of carboxylic acid groups (broad SMARTS) is 1. The average Bonchev–Trinajstić information content (AvgIpc) is 2.44. The molecule has 2 nitrogen and oxygen atoms in total. The number of benzene rings is 2. The number of carbonyl (C=O) groups is 1. The van der Waals surface area contributed by atoms with Crippen LogP contribution < -0.4 is 0 Å². The van der Waals surface area contributed by atoms with Crippen molar-refractivity contribution in [2.75, 3.05) is 0 Å². The second kappa shape index (κ2) is 6.35. The van der Waals surface area contributed by atoms with Gasteiger partial charge in [0.15, 0.2) is 0 Å². The van der Waals surface area contributed by atoms with Gasteiger partial charge in [-0.25, -0.2) is 9.18 Å². The Bertz CT molecular complexity index is 644. The fraction of sp³-hybridized carbons (Fsp3) is 0.167. The van der Waals surface area contributed by atoms with E-state index in [1.165, 1.54) is 12.1 Å². The molecule has 1 N–H and O–H groups in total. The first-order chi connectivity index (χ1) is 9.97. The van der Waals surface area contributed by atoms with Crippen LogP contribution in [0.4, 0.5) is 4.39 Å². The van der Waals surface area contributed by atoms with Gasteiger partial charge < -0.3 is 5.11 Å². The minimum absolute atomic E-state index is 0.241. The number of carboxylic acids is 1.